The molecule has 2 aromatic carbocycles. The summed E-state index contributed by atoms with van der Waals surface area (Å²) < 4.78 is 20.1. The van der Waals surface area contributed by atoms with Gasteiger partial charge in [-0.25, -0.2) is 9.18 Å². The molecule has 0 aromatic heterocycles. The third-order valence-electron chi connectivity index (χ3n) is 5.31. The summed E-state index contributed by atoms with van der Waals surface area (Å²) in [4.78, 5) is 37.2. The Balaban J connectivity index is 1.71. The van der Waals surface area contributed by atoms with Crippen LogP contribution < -0.4 is 10.2 Å². The summed E-state index contributed by atoms with van der Waals surface area (Å²) in [6.07, 6.45) is -1.95. The number of rotatable bonds is 7. The average Bonchev–Trinajstić information content (AvgIpc) is 3.12. The number of hydrogen-bond acceptors (Lipinski definition) is 5. The molecule has 0 aliphatic carbocycles. The number of halogens is 1. The first-order chi connectivity index (χ1) is 15.2. The number of nitrogens with zero attached hydrogens (tertiary/aromatic N) is 2. The van der Waals surface area contributed by atoms with Gasteiger partial charge in [-0.05, 0) is 29.3 Å². The number of aliphatic hydroxyl groups is 1. The van der Waals surface area contributed by atoms with Crippen LogP contribution in [0.15, 0.2) is 42.5 Å². The van der Waals surface area contributed by atoms with Gasteiger partial charge < -0.3 is 20.1 Å². The van der Waals surface area contributed by atoms with Crippen LogP contribution in [0.4, 0.5) is 14.9 Å². The zero-order valence-corrected chi connectivity index (χ0v) is 18.2. The van der Waals surface area contributed by atoms with Crippen LogP contribution in [0, 0.1) is 5.82 Å². The lowest BCUT2D eigenvalue weighted by atomic mass is 10.0. The summed E-state index contributed by atoms with van der Waals surface area (Å²) in [6.45, 7) is 3.36. The molecule has 0 spiro atoms. The minimum Gasteiger partial charge on any atom is -0.442 e. The van der Waals surface area contributed by atoms with Crippen LogP contribution in [-0.2, 0) is 14.3 Å². The van der Waals surface area contributed by atoms with Crippen LogP contribution in [-0.4, -0.2) is 60.7 Å². The zero-order valence-electron chi connectivity index (χ0n) is 18.2. The van der Waals surface area contributed by atoms with E-state index >= 15 is 0 Å². The molecule has 32 heavy (non-hydrogen) atoms. The molecular formula is C23H26FN3O5. The SMILES string of the molecule is CC(=O)NC[C@H]1CN(c2ccc(-c3ccc(C(O)CN(C)C(C)=O)cc3)c(F)c2)C(=O)O1. The summed E-state index contributed by atoms with van der Waals surface area (Å²) >= 11 is 0. The summed E-state index contributed by atoms with van der Waals surface area (Å²) in [5.74, 6) is -0.879. The molecule has 2 N–H and O–H groups in total. The number of aliphatic hydroxyl groups excluding tert-OH is 1. The van der Waals surface area contributed by atoms with Gasteiger partial charge in [-0.15, -0.1) is 0 Å². The summed E-state index contributed by atoms with van der Waals surface area (Å²) in [5, 5.41) is 12.9. The third kappa shape index (κ3) is 5.42. The van der Waals surface area contributed by atoms with Crippen molar-refractivity contribution < 1.29 is 28.6 Å². The predicted octanol–water partition coefficient (Wildman–Crippen LogP) is 2.47. The fourth-order valence-corrected chi connectivity index (χ4v) is 3.38. The molecule has 1 saturated heterocycles. The van der Waals surface area contributed by atoms with E-state index in [0.29, 0.717) is 22.4 Å². The van der Waals surface area contributed by atoms with E-state index in [1.807, 2.05) is 0 Å². The van der Waals surface area contributed by atoms with Gasteiger partial charge in [0.25, 0.3) is 0 Å². The molecule has 1 fully saturated rings. The molecule has 0 radical (unpaired) electrons. The lowest BCUT2D eigenvalue weighted by Gasteiger charge is -2.20. The topological polar surface area (TPSA) is 99.2 Å². The van der Waals surface area contributed by atoms with E-state index in [1.54, 1.807) is 43.4 Å². The Morgan fingerprint density at radius 1 is 1.25 bits per heavy atom. The van der Waals surface area contributed by atoms with E-state index in [9.17, 15) is 23.9 Å². The lowest BCUT2D eigenvalue weighted by molar-refractivity contribution is -0.128. The highest BCUT2D eigenvalue weighted by molar-refractivity contribution is 5.90. The molecular weight excluding hydrogens is 417 g/mol. The minimum absolute atomic E-state index is 0.147. The van der Waals surface area contributed by atoms with Gasteiger partial charge in [0.1, 0.15) is 11.9 Å². The first kappa shape index (κ1) is 23.2. The van der Waals surface area contributed by atoms with Crippen LogP contribution in [0.25, 0.3) is 11.1 Å². The van der Waals surface area contributed by atoms with Gasteiger partial charge >= 0.3 is 6.09 Å². The van der Waals surface area contributed by atoms with Crippen molar-refractivity contribution in [3.8, 4) is 11.1 Å². The number of likely N-dealkylation sites (N-methyl/N-ethyl adjacent to an activating group) is 1. The van der Waals surface area contributed by atoms with Crippen molar-refractivity contribution in [2.45, 2.75) is 26.1 Å². The van der Waals surface area contributed by atoms with Crippen LogP contribution in [0.3, 0.4) is 0 Å². The minimum atomic E-state index is -0.850. The molecule has 0 bridgehead atoms. The smallest absolute Gasteiger partial charge is 0.414 e. The molecule has 0 saturated carbocycles. The number of benzene rings is 2. The second-order valence-corrected chi connectivity index (χ2v) is 7.75. The van der Waals surface area contributed by atoms with Gasteiger partial charge in [0.15, 0.2) is 0 Å². The Morgan fingerprint density at radius 3 is 2.53 bits per heavy atom. The van der Waals surface area contributed by atoms with Crippen LogP contribution in [0.1, 0.15) is 25.5 Å². The zero-order chi connectivity index (χ0) is 23.4. The second kappa shape index (κ2) is 9.78. The molecule has 1 unspecified atom stereocenters. The molecule has 3 amide bonds. The second-order valence-electron chi connectivity index (χ2n) is 7.75. The van der Waals surface area contributed by atoms with Gasteiger partial charge in [0.2, 0.25) is 11.8 Å². The number of cyclic esters (lactones) is 1. The molecule has 3 rings (SSSR count). The maximum absolute atomic E-state index is 14.9. The molecule has 1 heterocycles. The Bertz CT molecular complexity index is 1010. The van der Waals surface area contributed by atoms with Crippen molar-refractivity contribution in [1.29, 1.82) is 0 Å². The molecule has 2 atom stereocenters. The van der Waals surface area contributed by atoms with Crippen LogP contribution >= 0.6 is 0 Å². The number of ether oxygens (including phenoxy) is 1. The van der Waals surface area contributed by atoms with Crippen molar-refractivity contribution >= 4 is 23.6 Å². The third-order valence-corrected chi connectivity index (χ3v) is 5.31. The van der Waals surface area contributed by atoms with Gasteiger partial charge in [0, 0.05) is 26.5 Å². The van der Waals surface area contributed by atoms with Gasteiger partial charge in [-0.1, -0.05) is 24.3 Å². The van der Waals surface area contributed by atoms with E-state index < -0.39 is 24.1 Å². The highest BCUT2D eigenvalue weighted by Gasteiger charge is 2.32. The van der Waals surface area contributed by atoms with Crippen molar-refractivity contribution in [2.75, 3.05) is 31.6 Å². The van der Waals surface area contributed by atoms with Crippen molar-refractivity contribution in [3.05, 3.63) is 53.8 Å². The predicted molar refractivity (Wildman–Crippen MR) is 116 cm³/mol. The average molecular weight is 443 g/mol. The molecule has 2 aromatic rings. The molecule has 170 valence electrons. The summed E-state index contributed by atoms with van der Waals surface area (Å²) in [5.41, 5.74) is 1.93. The van der Waals surface area contributed by atoms with Gasteiger partial charge in [-0.3, -0.25) is 14.5 Å². The number of carbonyl (C=O) groups is 3. The first-order valence-corrected chi connectivity index (χ1v) is 10.2. The lowest BCUT2D eigenvalue weighted by Crippen LogP contribution is -2.33. The highest BCUT2D eigenvalue weighted by atomic mass is 19.1. The van der Waals surface area contributed by atoms with Crippen molar-refractivity contribution in [3.63, 3.8) is 0 Å². The molecule has 9 heteroatoms. The van der Waals surface area contributed by atoms with E-state index in [2.05, 4.69) is 5.32 Å². The van der Waals surface area contributed by atoms with E-state index in [-0.39, 0.29) is 31.4 Å². The Hall–Kier alpha value is -3.46. The van der Waals surface area contributed by atoms with Crippen LogP contribution in [0.2, 0.25) is 0 Å². The number of hydrogen-bond donors (Lipinski definition) is 2. The number of amides is 3. The van der Waals surface area contributed by atoms with Gasteiger partial charge in [-0.2, -0.15) is 0 Å². The molecule has 8 nitrogen and oxygen atoms in total. The number of anilines is 1. The fourth-order valence-electron chi connectivity index (χ4n) is 3.38. The Morgan fingerprint density at radius 2 is 1.94 bits per heavy atom. The Labute approximate surface area is 185 Å². The Kier molecular flexibility index (Phi) is 7.09. The van der Waals surface area contributed by atoms with E-state index in [4.69, 9.17) is 4.74 Å². The first-order valence-electron chi connectivity index (χ1n) is 10.2. The van der Waals surface area contributed by atoms with E-state index in [0.717, 1.165) is 0 Å². The maximum atomic E-state index is 14.9. The fraction of sp³-hybridized carbons (Fsp3) is 0.348. The molecule has 1 aliphatic rings. The quantitative estimate of drug-likeness (QED) is 0.685. The largest absolute Gasteiger partial charge is 0.442 e. The summed E-state index contributed by atoms with van der Waals surface area (Å²) in [7, 11) is 1.61. The monoisotopic (exact) mass is 443 g/mol. The highest BCUT2D eigenvalue weighted by Crippen LogP contribution is 2.30. The number of nitrogens with one attached hydrogen (secondary N) is 1. The van der Waals surface area contributed by atoms with Crippen molar-refractivity contribution in [1.82, 2.24) is 10.2 Å². The molecule has 1 aliphatic heterocycles. The van der Waals surface area contributed by atoms with Gasteiger partial charge in [0.05, 0.1) is 31.4 Å². The maximum Gasteiger partial charge on any atom is 0.414 e. The standard InChI is InChI=1S/C23H26FN3O5/c1-14(28)25-11-19-12-27(23(31)32-19)18-8-9-20(21(24)10-18)16-4-6-17(7-5-16)22(30)13-26(3)15(2)29/h4-10,19,22,30H,11-13H2,1-3H3,(H,25,28)/t19-,22?/m0/s1. The van der Waals surface area contributed by atoms with Crippen LogP contribution in [0.5, 0.6) is 0 Å². The number of carbonyl (C=O) groups excluding carboxylic acids is 3. The van der Waals surface area contributed by atoms with E-state index in [1.165, 1.54) is 29.7 Å². The van der Waals surface area contributed by atoms with Crippen molar-refractivity contribution in [2.24, 2.45) is 0 Å². The normalized spacial score (nSPS) is 16.5. The summed E-state index contributed by atoms with van der Waals surface area (Å²) in [6, 6.07) is 11.2.